The van der Waals surface area contributed by atoms with E-state index in [0.29, 0.717) is 30.0 Å². The summed E-state index contributed by atoms with van der Waals surface area (Å²) in [5, 5.41) is 3.20. The Morgan fingerprint density at radius 2 is 1.66 bits per heavy atom. The third-order valence-electron chi connectivity index (χ3n) is 7.17. The molecule has 0 radical (unpaired) electrons. The molecule has 0 saturated carbocycles. The molecule has 3 aromatic rings. The van der Waals surface area contributed by atoms with E-state index in [1.54, 1.807) is 42.5 Å². The second-order valence-corrected chi connectivity index (χ2v) is 11.5. The minimum atomic E-state index is -3.59. The molecule has 0 unspecified atom stereocenters. The summed E-state index contributed by atoms with van der Waals surface area (Å²) in [5.41, 5.74) is 2.41. The molecule has 4 rings (SSSR count). The molecule has 0 spiro atoms. The fourth-order valence-corrected chi connectivity index (χ4v) is 5.81. The van der Waals surface area contributed by atoms with Crippen LogP contribution in [0.4, 0.5) is 5.69 Å². The van der Waals surface area contributed by atoms with Gasteiger partial charge in [-0.1, -0.05) is 56.3 Å². The van der Waals surface area contributed by atoms with E-state index in [2.05, 4.69) is 19.2 Å². The fourth-order valence-electron chi connectivity index (χ4n) is 4.92. The third-order valence-corrected chi connectivity index (χ3v) is 8.29. The number of hydrogen-bond acceptors (Lipinski definition) is 5. The summed E-state index contributed by atoms with van der Waals surface area (Å²) in [5.74, 6) is 1.14. The Hall–Kier alpha value is -3.52. The van der Waals surface area contributed by atoms with E-state index in [-0.39, 0.29) is 24.1 Å². The van der Waals surface area contributed by atoms with Crippen LogP contribution in [0, 0.1) is 0 Å². The standard InChI is InChI=1S/C30H36N2O5S/c1-5-30(6-2)20-25(24-12-8-10-14-27(24)37-30)31-29(33)23-18-16-22(17-19-23)21-32(38(4,34)35)26-13-9-11-15-28(26)36-7-3/h8-19,25H,5-7,20-21H2,1-4H3,(H,31,33)/t25-/m0/s1. The highest BCUT2D eigenvalue weighted by Gasteiger charge is 2.39. The highest BCUT2D eigenvalue weighted by molar-refractivity contribution is 7.92. The minimum Gasteiger partial charge on any atom is -0.492 e. The number of fused-ring (bicyclic) bond motifs is 1. The maximum Gasteiger partial charge on any atom is 0.251 e. The number of carbonyl (C=O) groups is 1. The molecule has 0 aromatic heterocycles. The first-order valence-electron chi connectivity index (χ1n) is 13.1. The van der Waals surface area contributed by atoms with E-state index in [4.69, 9.17) is 9.47 Å². The predicted molar refractivity (Wildman–Crippen MR) is 150 cm³/mol. The van der Waals surface area contributed by atoms with Gasteiger partial charge in [-0.25, -0.2) is 8.42 Å². The SMILES string of the molecule is CCOc1ccccc1N(Cc1ccc(C(=O)N[C@H]2CC(CC)(CC)Oc3ccccc32)cc1)S(C)(=O)=O. The van der Waals surface area contributed by atoms with Crippen LogP contribution in [0.15, 0.2) is 72.8 Å². The van der Waals surface area contributed by atoms with E-state index in [1.807, 2.05) is 37.3 Å². The lowest BCUT2D eigenvalue weighted by Crippen LogP contribution is -2.44. The molecule has 7 nitrogen and oxygen atoms in total. The average Bonchev–Trinajstić information content (AvgIpc) is 2.92. The van der Waals surface area contributed by atoms with E-state index >= 15 is 0 Å². The topological polar surface area (TPSA) is 84.9 Å². The van der Waals surface area contributed by atoms with Crippen LogP contribution in [0.3, 0.4) is 0 Å². The highest BCUT2D eigenvalue weighted by atomic mass is 32.2. The van der Waals surface area contributed by atoms with Crippen molar-refractivity contribution in [2.24, 2.45) is 0 Å². The first kappa shape index (κ1) is 27.5. The molecule has 38 heavy (non-hydrogen) atoms. The lowest BCUT2D eigenvalue weighted by Gasteiger charge is -2.41. The molecule has 1 N–H and O–H groups in total. The van der Waals surface area contributed by atoms with Gasteiger partial charge in [-0.2, -0.15) is 0 Å². The van der Waals surface area contributed by atoms with Gasteiger partial charge in [0.1, 0.15) is 17.1 Å². The van der Waals surface area contributed by atoms with Gasteiger partial charge in [0.05, 0.1) is 31.1 Å². The average molecular weight is 537 g/mol. The van der Waals surface area contributed by atoms with Crippen molar-refractivity contribution in [3.63, 3.8) is 0 Å². The first-order chi connectivity index (χ1) is 18.2. The molecular formula is C30H36N2O5S. The van der Waals surface area contributed by atoms with Gasteiger partial charge >= 0.3 is 0 Å². The minimum absolute atomic E-state index is 0.119. The maximum absolute atomic E-state index is 13.3. The summed E-state index contributed by atoms with van der Waals surface area (Å²) in [7, 11) is -3.59. The zero-order valence-electron chi connectivity index (χ0n) is 22.4. The summed E-state index contributed by atoms with van der Waals surface area (Å²) in [6, 6.07) is 21.8. The first-order valence-corrected chi connectivity index (χ1v) is 14.9. The van der Waals surface area contributed by atoms with Gasteiger partial charge in [-0.05, 0) is 55.7 Å². The van der Waals surface area contributed by atoms with Crippen molar-refractivity contribution in [3.8, 4) is 11.5 Å². The molecule has 1 heterocycles. The number of anilines is 1. The quantitative estimate of drug-likeness (QED) is 0.351. The molecule has 202 valence electrons. The molecule has 0 aliphatic carbocycles. The molecule has 1 aliphatic heterocycles. The summed E-state index contributed by atoms with van der Waals surface area (Å²) >= 11 is 0. The number of nitrogens with zero attached hydrogens (tertiary/aromatic N) is 1. The van der Waals surface area contributed by atoms with Crippen molar-refractivity contribution >= 4 is 21.6 Å². The normalized spacial score (nSPS) is 16.2. The molecule has 0 saturated heterocycles. The van der Waals surface area contributed by atoms with Crippen LogP contribution in [-0.2, 0) is 16.6 Å². The van der Waals surface area contributed by atoms with Gasteiger partial charge in [-0.15, -0.1) is 0 Å². The summed E-state index contributed by atoms with van der Waals surface area (Å²) in [4.78, 5) is 13.3. The van der Waals surface area contributed by atoms with Gasteiger partial charge in [0.15, 0.2) is 0 Å². The number of hydrogen-bond donors (Lipinski definition) is 1. The summed E-state index contributed by atoms with van der Waals surface area (Å²) < 4.78 is 38.7. The Labute approximate surface area is 225 Å². The Kier molecular flexibility index (Phi) is 8.31. The van der Waals surface area contributed by atoms with Gasteiger partial charge < -0.3 is 14.8 Å². The molecule has 1 atom stereocenters. The van der Waals surface area contributed by atoms with Crippen molar-refractivity contribution in [2.75, 3.05) is 17.2 Å². The molecule has 8 heteroatoms. The van der Waals surface area contributed by atoms with E-state index in [1.165, 1.54) is 10.6 Å². The highest BCUT2D eigenvalue weighted by Crippen LogP contribution is 2.42. The van der Waals surface area contributed by atoms with Crippen molar-refractivity contribution < 1.29 is 22.7 Å². The van der Waals surface area contributed by atoms with Crippen LogP contribution in [0.2, 0.25) is 0 Å². The van der Waals surface area contributed by atoms with Crippen LogP contribution in [0.1, 0.15) is 67.6 Å². The van der Waals surface area contributed by atoms with Crippen LogP contribution in [0.5, 0.6) is 11.5 Å². The summed E-state index contributed by atoms with van der Waals surface area (Å²) in [6.45, 7) is 6.62. The summed E-state index contributed by atoms with van der Waals surface area (Å²) in [6.07, 6.45) is 3.57. The number of sulfonamides is 1. The number of nitrogens with one attached hydrogen (secondary N) is 1. The Bertz CT molecular complexity index is 1370. The molecule has 3 aromatic carbocycles. The second-order valence-electron chi connectivity index (χ2n) is 9.63. The molecular weight excluding hydrogens is 500 g/mol. The number of amides is 1. The van der Waals surface area contributed by atoms with Gasteiger partial charge in [0, 0.05) is 17.5 Å². The lowest BCUT2D eigenvalue weighted by atomic mass is 9.83. The monoisotopic (exact) mass is 536 g/mol. The zero-order valence-corrected chi connectivity index (χ0v) is 23.3. The smallest absolute Gasteiger partial charge is 0.251 e. The van der Waals surface area contributed by atoms with E-state index < -0.39 is 10.0 Å². The van der Waals surface area contributed by atoms with Crippen LogP contribution in [-0.4, -0.2) is 32.8 Å². The van der Waals surface area contributed by atoms with E-state index in [0.717, 1.165) is 29.7 Å². The molecule has 0 fully saturated rings. The van der Waals surface area contributed by atoms with E-state index in [9.17, 15) is 13.2 Å². The number of benzene rings is 3. The molecule has 0 bridgehead atoms. The number of para-hydroxylation sites is 3. The third kappa shape index (κ3) is 5.96. The number of ether oxygens (including phenoxy) is 2. The Morgan fingerprint density at radius 1 is 1.00 bits per heavy atom. The van der Waals surface area contributed by atoms with Gasteiger partial charge in [0.2, 0.25) is 10.0 Å². The number of rotatable bonds is 10. The van der Waals surface area contributed by atoms with Crippen molar-refractivity contribution in [2.45, 2.75) is 58.2 Å². The lowest BCUT2D eigenvalue weighted by molar-refractivity contribution is 0.0227. The van der Waals surface area contributed by atoms with Crippen molar-refractivity contribution in [1.29, 1.82) is 0 Å². The van der Waals surface area contributed by atoms with Gasteiger partial charge in [-0.3, -0.25) is 9.10 Å². The largest absolute Gasteiger partial charge is 0.492 e. The van der Waals surface area contributed by atoms with Crippen LogP contribution < -0.4 is 19.1 Å². The predicted octanol–water partition coefficient (Wildman–Crippen LogP) is 5.86. The van der Waals surface area contributed by atoms with Crippen molar-refractivity contribution in [1.82, 2.24) is 5.32 Å². The zero-order chi connectivity index (χ0) is 27.3. The van der Waals surface area contributed by atoms with Crippen LogP contribution in [0.25, 0.3) is 0 Å². The number of carbonyl (C=O) groups excluding carboxylic acids is 1. The maximum atomic E-state index is 13.3. The second kappa shape index (κ2) is 11.5. The van der Waals surface area contributed by atoms with Crippen LogP contribution >= 0.6 is 0 Å². The Morgan fingerprint density at radius 3 is 2.32 bits per heavy atom. The Balaban J connectivity index is 1.53. The molecule has 1 aliphatic rings. The molecule has 1 amide bonds. The van der Waals surface area contributed by atoms with Gasteiger partial charge in [0.25, 0.3) is 5.91 Å². The fraction of sp³-hybridized carbons (Fsp3) is 0.367. The van der Waals surface area contributed by atoms with Crippen molar-refractivity contribution in [3.05, 3.63) is 89.5 Å².